The molecule has 0 heterocycles. The molecule has 0 spiro atoms. The summed E-state index contributed by atoms with van der Waals surface area (Å²) < 4.78 is 4.94. The van der Waals surface area contributed by atoms with E-state index in [1.54, 1.807) is 0 Å². The van der Waals surface area contributed by atoms with Gasteiger partial charge >= 0.3 is 0 Å². The van der Waals surface area contributed by atoms with Crippen LogP contribution in [0.3, 0.4) is 0 Å². The summed E-state index contributed by atoms with van der Waals surface area (Å²) in [6.07, 6.45) is -2.49. The standard InChI is InChI=1S/C13H18N2O6S/c1-7(16)22-4-3-11(17)13(18)9-5-8(21-2)6-10(12(9)14)15(19)20/h5-6,11,13,17-18H,3-4,14H2,1-2H3. The van der Waals surface area contributed by atoms with Crippen LogP contribution in [0.1, 0.15) is 25.0 Å². The number of aliphatic hydroxyl groups excluding tert-OH is 2. The van der Waals surface area contributed by atoms with Crippen LogP contribution in [0.25, 0.3) is 0 Å². The summed E-state index contributed by atoms with van der Waals surface area (Å²) in [5, 5.41) is 31.0. The fourth-order valence-electron chi connectivity index (χ4n) is 1.84. The third kappa shape index (κ3) is 4.58. The van der Waals surface area contributed by atoms with Gasteiger partial charge in [-0.2, -0.15) is 0 Å². The lowest BCUT2D eigenvalue weighted by molar-refractivity contribution is -0.384. The van der Waals surface area contributed by atoms with Crippen LogP contribution in [0.4, 0.5) is 11.4 Å². The molecule has 1 aromatic rings. The van der Waals surface area contributed by atoms with Crippen LogP contribution in [0.2, 0.25) is 0 Å². The van der Waals surface area contributed by atoms with E-state index in [2.05, 4.69) is 0 Å². The predicted octanol–water partition coefficient (Wildman–Crippen LogP) is 1.25. The van der Waals surface area contributed by atoms with Gasteiger partial charge in [-0.05, 0) is 12.5 Å². The Kier molecular flexibility index (Phi) is 6.60. The third-order valence-electron chi connectivity index (χ3n) is 3.00. The molecule has 4 N–H and O–H groups in total. The summed E-state index contributed by atoms with van der Waals surface area (Å²) >= 11 is 1.02. The van der Waals surface area contributed by atoms with Crippen molar-refractivity contribution in [2.24, 2.45) is 0 Å². The first kappa shape index (κ1) is 18.2. The molecular formula is C13H18N2O6S. The number of carbonyl (C=O) groups excluding carboxylic acids is 1. The zero-order valence-corrected chi connectivity index (χ0v) is 13.0. The zero-order chi connectivity index (χ0) is 16.9. The predicted molar refractivity (Wildman–Crippen MR) is 82.8 cm³/mol. The Bertz CT molecular complexity index is 566. The fourth-order valence-corrected chi connectivity index (χ4v) is 2.48. The molecule has 122 valence electrons. The minimum absolute atomic E-state index is 0.0198. The number of hydrogen-bond donors (Lipinski definition) is 3. The van der Waals surface area contributed by atoms with Crippen LogP contribution in [0.15, 0.2) is 12.1 Å². The van der Waals surface area contributed by atoms with Crippen LogP contribution in [-0.4, -0.2) is 39.2 Å². The Morgan fingerprint density at radius 1 is 1.50 bits per heavy atom. The molecular weight excluding hydrogens is 312 g/mol. The van der Waals surface area contributed by atoms with E-state index in [-0.39, 0.29) is 28.5 Å². The van der Waals surface area contributed by atoms with Gasteiger partial charge in [0.2, 0.25) is 0 Å². The number of benzene rings is 1. The normalized spacial score (nSPS) is 13.5. The summed E-state index contributed by atoms with van der Waals surface area (Å²) in [6.45, 7) is 1.40. The molecule has 0 aliphatic rings. The number of nitro groups is 1. The molecule has 0 aliphatic carbocycles. The van der Waals surface area contributed by atoms with E-state index in [9.17, 15) is 25.1 Å². The van der Waals surface area contributed by atoms with Gasteiger partial charge in [-0.3, -0.25) is 14.9 Å². The average molecular weight is 330 g/mol. The molecule has 1 rings (SSSR count). The van der Waals surface area contributed by atoms with Crippen LogP contribution < -0.4 is 10.5 Å². The first-order valence-electron chi connectivity index (χ1n) is 6.39. The van der Waals surface area contributed by atoms with Gasteiger partial charge in [-0.15, -0.1) is 0 Å². The number of hydrogen-bond acceptors (Lipinski definition) is 8. The van der Waals surface area contributed by atoms with Gasteiger partial charge in [0, 0.05) is 18.2 Å². The second-order valence-electron chi connectivity index (χ2n) is 4.55. The Balaban J connectivity index is 3.00. The maximum Gasteiger partial charge on any atom is 0.296 e. The molecule has 0 fully saturated rings. The second-order valence-corrected chi connectivity index (χ2v) is 5.82. The largest absolute Gasteiger partial charge is 0.496 e. The number of carbonyl (C=O) groups is 1. The number of thioether (sulfide) groups is 1. The fraction of sp³-hybridized carbons (Fsp3) is 0.462. The van der Waals surface area contributed by atoms with Crippen LogP contribution in [0.5, 0.6) is 5.75 Å². The number of anilines is 1. The van der Waals surface area contributed by atoms with Crippen LogP contribution >= 0.6 is 11.8 Å². The third-order valence-corrected chi connectivity index (χ3v) is 3.84. The highest BCUT2D eigenvalue weighted by Gasteiger charge is 2.26. The van der Waals surface area contributed by atoms with Crippen molar-refractivity contribution in [1.82, 2.24) is 0 Å². The first-order chi connectivity index (χ1) is 10.3. The SMILES string of the molecule is COc1cc(C(O)C(O)CCSC(C)=O)c(N)c([N+](=O)[O-])c1. The molecule has 1 aromatic carbocycles. The number of nitrogens with two attached hydrogens (primary N) is 1. The lowest BCUT2D eigenvalue weighted by Gasteiger charge is -2.20. The molecule has 2 atom stereocenters. The molecule has 2 unspecified atom stereocenters. The molecule has 9 heteroatoms. The lowest BCUT2D eigenvalue weighted by Crippen LogP contribution is -2.20. The minimum Gasteiger partial charge on any atom is -0.496 e. The summed E-state index contributed by atoms with van der Waals surface area (Å²) in [4.78, 5) is 21.1. The van der Waals surface area contributed by atoms with Crippen LogP contribution in [-0.2, 0) is 4.79 Å². The van der Waals surface area contributed by atoms with E-state index < -0.39 is 22.8 Å². The minimum atomic E-state index is -1.42. The van der Waals surface area contributed by atoms with Crippen molar-refractivity contribution in [1.29, 1.82) is 0 Å². The number of aliphatic hydroxyl groups is 2. The Labute approximate surface area is 131 Å². The molecule has 0 aromatic heterocycles. The molecule has 22 heavy (non-hydrogen) atoms. The monoisotopic (exact) mass is 330 g/mol. The summed E-state index contributed by atoms with van der Waals surface area (Å²) in [5.74, 6) is 0.472. The van der Waals surface area contributed by atoms with E-state index in [4.69, 9.17) is 10.5 Å². The number of nitrogens with zero attached hydrogens (tertiary/aromatic N) is 1. The zero-order valence-electron chi connectivity index (χ0n) is 12.2. The number of nitrogen functional groups attached to an aromatic ring is 1. The second kappa shape index (κ2) is 7.97. The van der Waals surface area contributed by atoms with Gasteiger partial charge < -0.3 is 20.7 Å². The summed E-state index contributed by atoms with van der Waals surface area (Å²) in [5.41, 5.74) is 5.09. The van der Waals surface area contributed by atoms with Crippen molar-refractivity contribution in [2.75, 3.05) is 18.6 Å². The van der Waals surface area contributed by atoms with Gasteiger partial charge in [-0.25, -0.2) is 0 Å². The van der Waals surface area contributed by atoms with Crippen molar-refractivity contribution in [3.05, 3.63) is 27.8 Å². The molecule has 0 saturated carbocycles. The van der Waals surface area contributed by atoms with E-state index >= 15 is 0 Å². The van der Waals surface area contributed by atoms with Gasteiger partial charge in [0.05, 0.1) is 24.2 Å². The van der Waals surface area contributed by atoms with Gasteiger partial charge in [0.1, 0.15) is 17.5 Å². The van der Waals surface area contributed by atoms with E-state index in [1.165, 1.54) is 20.1 Å². The Hall–Kier alpha value is -1.84. The van der Waals surface area contributed by atoms with Crippen molar-refractivity contribution < 1.29 is 24.7 Å². The molecule has 0 radical (unpaired) electrons. The highest BCUT2D eigenvalue weighted by Crippen LogP contribution is 2.36. The first-order valence-corrected chi connectivity index (χ1v) is 7.37. The van der Waals surface area contributed by atoms with Crippen molar-refractivity contribution >= 4 is 28.3 Å². The summed E-state index contributed by atoms with van der Waals surface area (Å²) in [6, 6.07) is 2.48. The summed E-state index contributed by atoms with van der Waals surface area (Å²) in [7, 11) is 1.32. The van der Waals surface area contributed by atoms with Crippen molar-refractivity contribution in [3.63, 3.8) is 0 Å². The van der Waals surface area contributed by atoms with Gasteiger partial charge in [0.15, 0.2) is 5.12 Å². The van der Waals surface area contributed by atoms with Crippen LogP contribution in [0, 0.1) is 10.1 Å². The molecule has 0 bridgehead atoms. The van der Waals surface area contributed by atoms with E-state index in [0.29, 0.717) is 5.75 Å². The van der Waals surface area contributed by atoms with E-state index in [0.717, 1.165) is 17.8 Å². The maximum absolute atomic E-state index is 11.0. The number of nitro benzene ring substituents is 1. The Morgan fingerprint density at radius 3 is 2.64 bits per heavy atom. The number of rotatable bonds is 7. The molecule has 8 nitrogen and oxygen atoms in total. The van der Waals surface area contributed by atoms with Crippen molar-refractivity contribution in [2.45, 2.75) is 25.6 Å². The molecule has 0 aliphatic heterocycles. The Morgan fingerprint density at radius 2 is 2.14 bits per heavy atom. The smallest absolute Gasteiger partial charge is 0.296 e. The molecule has 0 saturated heterocycles. The lowest BCUT2D eigenvalue weighted by atomic mass is 9.99. The number of methoxy groups -OCH3 is 1. The quantitative estimate of drug-likeness (QED) is 0.386. The number of ether oxygens (including phenoxy) is 1. The highest BCUT2D eigenvalue weighted by atomic mass is 32.2. The van der Waals surface area contributed by atoms with Gasteiger partial charge in [-0.1, -0.05) is 11.8 Å². The van der Waals surface area contributed by atoms with Gasteiger partial charge in [0.25, 0.3) is 5.69 Å². The average Bonchev–Trinajstić information content (AvgIpc) is 2.45. The molecule has 0 amide bonds. The maximum atomic E-state index is 11.0. The van der Waals surface area contributed by atoms with E-state index in [1.807, 2.05) is 0 Å². The topological polar surface area (TPSA) is 136 Å². The van der Waals surface area contributed by atoms with Crippen molar-refractivity contribution in [3.8, 4) is 5.75 Å². The highest BCUT2D eigenvalue weighted by molar-refractivity contribution is 8.13.